The van der Waals surface area contributed by atoms with Crippen LogP contribution in [0.3, 0.4) is 0 Å². The molecule has 0 unspecified atom stereocenters. The second kappa shape index (κ2) is 10.8. The first-order chi connectivity index (χ1) is 18.1. The van der Waals surface area contributed by atoms with Crippen molar-refractivity contribution < 1.29 is 23.7 Å². The Morgan fingerprint density at radius 3 is 2.30 bits per heavy atom. The lowest BCUT2D eigenvalue weighted by molar-refractivity contribution is 0.0870. The van der Waals surface area contributed by atoms with Crippen LogP contribution in [0, 0.1) is 6.92 Å². The standard InChI is InChI=1S/C29H30N2O5S/c1-18-25(33-2)22-15-20-16-30-28(37-21-13-9-6-10-14-21)24(31(20)29(32)35-4)23(22)27(26(18)34-3)36-17-19-11-7-5-8-12-19/h5-14,20,24H,15-17H2,1-4H3/t20-,24+/m0/s1. The van der Waals surface area contributed by atoms with Crippen LogP contribution in [0.25, 0.3) is 0 Å². The Morgan fingerprint density at radius 1 is 0.973 bits per heavy atom. The molecular weight excluding hydrogens is 488 g/mol. The van der Waals surface area contributed by atoms with Gasteiger partial charge in [-0.15, -0.1) is 0 Å². The number of amides is 1. The van der Waals surface area contributed by atoms with Crippen molar-refractivity contribution in [1.82, 2.24) is 4.90 Å². The Bertz CT molecular complexity index is 1310. The van der Waals surface area contributed by atoms with Gasteiger partial charge in [0.2, 0.25) is 0 Å². The molecule has 3 aromatic carbocycles. The molecule has 37 heavy (non-hydrogen) atoms. The van der Waals surface area contributed by atoms with Crippen LogP contribution in [0.4, 0.5) is 4.79 Å². The van der Waals surface area contributed by atoms with E-state index in [4.69, 9.17) is 23.9 Å². The molecule has 0 fully saturated rings. The number of ether oxygens (including phenoxy) is 4. The van der Waals surface area contributed by atoms with Crippen molar-refractivity contribution in [3.8, 4) is 17.2 Å². The van der Waals surface area contributed by atoms with Gasteiger partial charge in [-0.2, -0.15) is 0 Å². The maximum absolute atomic E-state index is 13.2. The lowest BCUT2D eigenvalue weighted by atomic mass is 9.84. The third-order valence-electron chi connectivity index (χ3n) is 6.79. The van der Waals surface area contributed by atoms with E-state index in [-0.39, 0.29) is 6.04 Å². The van der Waals surface area contributed by atoms with Gasteiger partial charge in [-0.25, -0.2) is 4.79 Å². The van der Waals surface area contributed by atoms with E-state index in [9.17, 15) is 4.79 Å². The van der Waals surface area contributed by atoms with Crippen molar-refractivity contribution >= 4 is 22.9 Å². The van der Waals surface area contributed by atoms with E-state index >= 15 is 0 Å². The average molecular weight is 519 g/mol. The number of thioether (sulfide) groups is 1. The lowest BCUT2D eigenvalue weighted by Gasteiger charge is -2.46. The van der Waals surface area contributed by atoms with Crippen LogP contribution >= 0.6 is 11.8 Å². The van der Waals surface area contributed by atoms with E-state index in [2.05, 4.69) is 0 Å². The van der Waals surface area contributed by atoms with Crippen molar-refractivity contribution in [3.05, 3.63) is 82.9 Å². The summed E-state index contributed by atoms with van der Waals surface area (Å²) in [7, 11) is 4.71. The summed E-state index contributed by atoms with van der Waals surface area (Å²) >= 11 is 1.55. The molecule has 2 aliphatic rings. The number of fused-ring (bicyclic) bond motifs is 4. The Morgan fingerprint density at radius 2 is 1.65 bits per heavy atom. The SMILES string of the molecule is COC(=O)N1[C@@H]2CN=C(Sc3ccccc3)[C@H]1c1c(c(OC)c(C)c(OC)c1OCc1ccccc1)C2. The minimum absolute atomic E-state index is 0.159. The molecule has 2 atom stereocenters. The summed E-state index contributed by atoms with van der Waals surface area (Å²) in [4.78, 5) is 21.0. The molecule has 0 radical (unpaired) electrons. The summed E-state index contributed by atoms with van der Waals surface area (Å²) < 4.78 is 23.6. The van der Waals surface area contributed by atoms with E-state index in [0.29, 0.717) is 31.1 Å². The molecule has 0 aliphatic carbocycles. The van der Waals surface area contributed by atoms with Crippen molar-refractivity contribution in [2.45, 2.75) is 36.9 Å². The van der Waals surface area contributed by atoms with Gasteiger partial charge < -0.3 is 18.9 Å². The monoisotopic (exact) mass is 518 g/mol. The first kappa shape index (κ1) is 25.0. The van der Waals surface area contributed by atoms with Crippen LogP contribution in [-0.2, 0) is 17.8 Å². The molecular formula is C29H30N2O5S. The van der Waals surface area contributed by atoms with Gasteiger partial charge in [0.05, 0.1) is 39.0 Å². The Hall–Kier alpha value is -3.65. The van der Waals surface area contributed by atoms with E-state index < -0.39 is 12.1 Å². The fraction of sp³-hybridized carbons (Fsp3) is 0.310. The number of carbonyl (C=O) groups excluding carboxylic acids is 1. The number of nitrogens with zero attached hydrogens (tertiary/aromatic N) is 2. The third-order valence-corrected chi connectivity index (χ3v) is 7.86. The smallest absolute Gasteiger partial charge is 0.410 e. The highest BCUT2D eigenvalue weighted by Gasteiger charge is 2.47. The second-order valence-corrected chi connectivity index (χ2v) is 10.0. The number of aliphatic imine (C=N–C) groups is 1. The molecule has 2 heterocycles. The molecule has 0 spiro atoms. The van der Waals surface area contributed by atoms with Gasteiger partial charge in [0.25, 0.3) is 0 Å². The van der Waals surface area contributed by atoms with Crippen molar-refractivity contribution in [1.29, 1.82) is 0 Å². The molecule has 0 N–H and O–H groups in total. The van der Waals surface area contributed by atoms with Crippen LogP contribution in [0.15, 0.2) is 70.6 Å². The van der Waals surface area contributed by atoms with Crippen molar-refractivity contribution in [3.63, 3.8) is 0 Å². The Balaban J connectivity index is 1.70. The fourth-order valence-corrected chi connectivity index (χ4v) is 6.20. The minimum atomic E-state index is -0.505. The molecule has 2 aliphatic heterocycles. The number of benzene rings is 3. The summed E-state index contributed by atoms with van der Waals surface area (Å²) in [6, 6.07) is 19.3. The van der Waals surface area contributed by atoms with E-state index in [1.807, 2.05) is 67.6 Å². The quantitative estimate of drug-likeness (QED) is 0.409. The zero-order valence-electron chi connectivity index (χ0n) is 21.4. The Labute approximate surface area is 221 Å². The summed E-state index contributed by atoms with van der Waals surface area (Å²) in [5, 5.41) is 0.798. The van der Waals surface area contributed by atoms with Crippen LogP contribution < -0.4 is 14.2 Å². The normalized spacial score (nSPS) is 17.9. The molecule has 7 nitrogen and oxygen atoms in total. The highest BCUT2D eigenvalue weighted by atomic mass is 32.2. The first-order valence-electron chi connectivity index (χ1n) is 12.1. The molecule has 192 valence electrons. The lowest BCUT2D eigenvalue weighted by Crippen LogP contribution is -2.53. The topological polar surface area (TPSA) is 69.6 Å². The van der Waals surface area contributed by atoms with Gasteiger partial charge >= 0.3 is 6.09 Å². The number of hydrogen-bond donors (Lipinski definition) is 0. The average Bonchev–Trinajstić information content (AvgIpc) is 2.93. The van der Waals surface area contributed by atoms with Crippen molar-refractivity contribution in [2.24, 2.45) is 4.99 Å². The molecule has 5 rings (SSSR count). The van der Waals surface area contributed by atoms with Gasteiger partial charge in [0.15, 0.2) is 11.5 Å². The maximum atomic E-state index is 13.2. The van der Waals surface area contributed by atoms with E-state index in [0.717, 1.165) is 37.9 Å². The van der Waals surface area contributed by atoms with Gasteiger partial charge in [0, 0.05) is 21.6 Å². The summed E-state index contributed by atoms with van der Waals surface area (Å²) in [5.74, 6) is 1.94. The molecule has 0 aromatic heterocycles. The zero-order valence-corrected chi connectivity index (χ0v) is 22.2. The van der Waals surface area contributed by atoms with Gasteiger partial charge in [-0.3, -0.25) is 9.89 Å². The van der Waals surface area contributed by atoms with Gasteiger partial charge in [-0.05, 0) is 31.0 Å². The molecule has 0 saturated carbocycles. The molecule has 1 amide bonds. The Kier molecular flexibility index (Phi) is 7.28. The van der Waals surface area contributed by atoms with Crippen molar-refractivity contribution in [2.75, 3.05) is 27.9 Å². The van der Waals surface area contributed by atoms with E-state index in [1.54, 1.807) is 30.9 Å². The van der Waals surface area contributed by atoms with Crippen LogP contribution in [-0.4, -0.2) is 50.0 Å². The highest BCUT2D eigenvalue weighted by molar-refractivity contribution is 8.14. The van der Waals surface area contributed by atoms with Crippen LogP contribution in [0.5, 0.6) is 17.2 Å². The number of rotatable bonds is 6. The summed E-state index contributed by atoms with van der Waals surface area (Å²) in [5.41, 5.74) is 3.74. The maximum Gasteiger partial charge on any atom is 0.410 e. The molecule has 0 saturated heterocycles. The van der Waals surface area contributed by atoms with Gasteiger partial charge in [0.1, 0.15) is 18.4 Å². The van der Waals surface area contributed by atoms with E-state index in [1.165, 1.54) is 7.11 Å². The fourth-order valence-electron chi connectivity index (χ4n) is 5.19. The summed E-state index contributed by atoms with van der Waals surface area (Å²) in [6.07, 6.45) is 0.179. The summed E-state index contributed by atoms with van der Waals surface area (Å²) in [6.45, 7) is 2.81. The van der Waals surface area contributed by atoms with Crippen LogP contribution in [0.2, 0.25) is 0 Å². The zero-order chi connectivity index (χ0) is 25.9. The first-order valence-corrected chi connectivity index (χ1v) is 13.0. The van der Waals surface area contributed by atoms with Gasteiger partial charge in [-0.1, -0.05) is 60.3 Å². The second-order valence-electron chi connectivity index (χ2n) is 8.92. The molecule has 3 aromatic rings. The number of carbonyl (C=O) groups is 1. The largest absolute Gasteiger partial charge is 0.496 e. The molecule has 8 heteroatoms. The highest BCUT2D eigenvalue weighted by Crippen LogP contribution is 2.53. The number of methoxy groups -OCH3 is 3. The predicted molar refractivity (Wildman–Crippen MR) is 144 cm³/mol. The number of hydrogen-bond acceptors (Lipinski definition) is 7. The predicted octanol–water partition coefficient (Wildman–Crippen LogP) is 5.83. The van der Waals surface area contributed by atoms with Crippen LogP contribution in [0.1, 0.15) is 28.3 Å². The third kappa shape index (κ3) is 4.62. The molecule has 2 bridgehead atoms. The minimum Gasteiger partial charge on any atom is -0.496 e.